The van der Waals surface area contributed by atoms with Crippen LogP contribution in [0.25, 0.3) is 0 Å². The van der Waals surface area contributed by atoms with Gasteiger partial charge in [0.25, 0.3) is 5.91 Å². The lowest BCUT2D eigenvalue weighted by Crippen LogP contribution is -2.32. The minimum absolute atomic E-state index is 0.278. The highest BCUT2D eigenvalue weighted by Crippen LogP contribution is 2.32. The number of carbonyl (C=O) groups is 1. The third-order valence-corrected chi connectivity index (χ3v) is 3.55. The fourth-order valence-electron chi connectivity index (χ4n) is 2.63. The van der Waals surface area contributed by atoms with Crippen molar-refractivity contribution in [2.45, 2.75) is 32.2 Å². The van der Waals surface area contributed by atoms with Crippen LogP contribution in [0.2, 0.25) is 0 Å². The lowest BCUT2D eigenvalue weighted by Gasteiger charge is -2.34. The first-order valence-corrected chi connectivity index (χ1v) is 6.07. The van der Waals surface area contributed by atoms with E-state index in [1.54, 1.807) is 6.20 Å². The summed E-state index contributed by atoms with van der Waals surface area (Å²) in [7, 11) is 2.10. The molecule has 1 aromatic heterocycles. The van der Waals surface area contributed by atoms with Gasteiger partial charge in [0.1, 0.15) is 5.69 Å². The Kier molecular flexibility index (Phi) is 3.43. The first-order chi connectivity index (χ1) is 8.11. The second kappa shape index (κ2) is 4.84. The molecule has 0 spiro atoms. The van der Waals surface area contributed by atoms with Gasteiger partial charge in [0.05, 0.1) is 0 Å². The van der Waals surface area contributed by atoms with Crippen LogP contribution in [0.1, 0.15) is 46.9 Å². The van der Waals surface area contributed by atoms with Crippen molar-refractivity contribution < 1.29 is 4.79 Å². The van der Waals surface area contributed by atoms with Gasteiger partial charge in [0.2, 0.25) is 0 Å². The molecule has 1 fully saturated rings. The molecule has 1 unspecified atom stereocenters. The van der Waals surface area contributed by atoms with E-state index in [2.05, 4.69) is 16.9 Å². The zero-order valence-electron chi connectivity index (χ0n) is 10.4. The van der Waals surface area contributed by atoms with E-state index < -0.39 is 5.91 Å². The van der Waals surface area contributed by atoms with Crippen LogP contribution in [-0.2, 0) is 0 Å². The number of hydrogen-bond donors (Lipinski definition) is 1. The Bertz CT molecular complexity index is 431. The van der Waals surface area contributed by atoms with Crippen LogP contribution in [0.4, 0.5) is 0 Å². The average Bonchev–Trinajstić information content (AvgIpc) is 2.30. The Balaban J connectivity index is 2.45. The van der Waals surface area contributed by atoms with Crippen molar-refractivity contribution in [3.63, 3.8) is 0 Å². The molecule has 4 nitrogen and oxygen atoms in total. The molecule has 2 heterocycles. The van der Waals surface area contributed by atoms with Gasteiger partial charge in [-0.05, 0) is 45.0 Å². The van der Waals surface area contributed by atoms with Crippen molar-refractivity contribution in [3.05, 3.63) is 29.1 Å². The van der Waals surface area contributed by atoms with Crippen LogP contribution in [-0.4, -0.2) is 29.4 Å². The van der Waals surface area contributed by atoms with Crippen molar-refractivity contribution in [1.82, 2.24) is 9.88 Å². The van der Waals surface area contributed by atoms with Crippen molar-refractivity contribution in [2.24, 2.45) is 5.73 Å². The van der Waals surface area contributed by atoms with E-state index in [1.165, 1.54) is 12.8 Å². The SMILES string of the molecule is Cc1ccnc(C(N)=O)c1C1CCCCN1C. The monoisotopic (exact) mass is 233 g/mol. The Morgan fingerprint density at radius 3 is 2.94 bits per heavy atom. The zero-order valence-corrected chi connectivity index (χ0v) is 10.4. The van der Waals surface area contributed by atoms with Crippen LogP contribution >= 0.6 is 0 Å². The number of carbonyl (C=O) groups excluding carboxylic acids is 1. The molecular weight excluding hydrogens is 214 g/mol. The molecule has 92 valence electrons. The summed E-state index contributed by atoms with van der Waals surface area (Å²) < 4.78 is 0. The number of pyridine rings is 1. The average molecular weight is 233 g/mol. The van der Waals surface area contributed by atoms with Crippen molar-refractivity contribution >= 4 is 5.91 Å². The molecule has 2 N–H and O–H groups in total. The minimum atomic E-state index is -0.428. The van der Waals surface area contributed by atoms with Crippen LogP contribution in [0.3, 0.4) is 0 Å². The fraction of sp³-hybridized carbons (Fsp3) is 0.538. The van der Waals surface area contributed by atoms with Gasteiger partial charge in [0, 0.05) is 17.8 Å². The number of aromatic nitrogens is 1. The lowest BCUT2D eigenvalue weighted by molar-refractivity contribution is 0.0989. The van der Waals surface area contributed by atoms with E-state index >= 15 is 0 Å². The Hall–Kier alpha value is -1.42. The summed E-state index contributed by atoms with van der Waals surface area (Å²) in [4.78, 5) is 17.9. The number of piperidine rings is 1. The molecule has 1 saturated heterocycles. The summed E-state index contributed by atoms with van der Waals surface area (Å²) in [6.07, 6.45) is 5.14. The van der Waals surface area contributed by atoms with Gasteiger partial charge in [0.15, 0.2) is 0 Å². The van der Waals surface area contributed by atoms with Gasteiger partial charge in [-0.2, -0.15) is 0 Å². The number of amides is 1. The molecule has 1 aliphatic rings. The fourth-order valence-corrected chi connectivity index (χ4v) is 2.63. The van der Waals surface area contributed by atoms with Gasteiger partial charge in [-0.3, -0.25) is 14.7 Å². The molecule has 0 aliphatic carbocycles. The maximum absolute atomic E-state index is 11.5. The van der Waals surface area contributed by atoms with Gasteiger partial charge in [-0.1, -0.05) is 6.42 Å². The number of likely N-dealkylation sites (tertiary alicyclic amines) is 1. The van der Waals surface area contributed by atoms with Crippen molar-refractivity contribution in [2.75, 3.05) is 13.6 Å². The third-order valence-electron chi connectivity index (χ3n) is 3.55. The lowest BCUT2D eigenvalue weighted by atomic mass is 9.91. The Morgan fingerprint density at radius 2 is 2.29 bits per heavy atom. The summed E-state index contributed by atoms with van der Waals surface area (Å²) in [5.74, 6) is -0.428. The van der Waals surface area contributed by atoms with Gasteiger partial charge in [-0.15, -0.1) is 0 Å². The maximum Gasteiger partial charge on any atom is 0.267 e. The molecule has 1 aliphatic heterocycles. The first kappa shape index (κ1) is 12.0. The van der Waals surface area contributed by atoms with Crippen molar-refractivity contribution in [1.29, 1.82) is 0 Å². The predicted molar refractivity (Wildman–Crippen MR) is 66.7 cm³/mol. The van der Waals surface area contributed by atoms with Crippen LogP contribution in [0.5, 0.6) is 0 Å². The highest BCUT2D eigenvalue weighted by Gasteiger charge is 2.26. The van der Waals surface area contributed by atoms with Crippen molar-refractivity contribution in [3.8, 4) is 0 Å². The third kappa shape index (κ3) is 2.31. The quantitative estimate of drug-likeness (QED) is 0.845. The topological polar surface area (TPSA) is 59.2 Å². The van der Waals surface area contributed by atoms with Gasteiger partial charge >= 0.3 is 0 Å². The standard InChI is InChI=1S/C13H19N3O/c1-9-6-7-15-12(13(14)17)11(9)10-5-3-4-8-16(10)2/h6-7,10H,3-5,8H2,1-2H3,(H2,14,17). The number of nitrogens with zero attached hydrogens (tertiary/aromatic N) is 2. The zero-order chi connectivity index (χ0) is 12.4. The van der Waals surface area contributed by atoms with Crippen LogP contribution in [0.15, 0.2) is 12.3 Å². The van der Waals surface area contributed by atoms with Gasteiger partial charge in [-0.25, -0.2) is 0 Å². The van der Waals surface area contributed by atoms with E-state index in [4.69, 9.17) is 5.73 Å². The summed E-state index contributed by atoms with van der Waals surface area (Å²) in [6.45, 7) is 3.09. The second-order valence-corrected chi connectivity index (χ2v) is 4.75. The molecule has 2 rings (SSSR count). The second-order valence-electron chi connectivity index (χ2n) is 4.75. The van der Waals surface area contributed by atoms with Crippen LogP contribution in [0, 0.1) is 6.92 Å². The maximum atomic E-state index is 11.5. The van der Waals surface area contributed by atoms with E-state index in [0.29, 0.717) is 5.69 Å². The smallest absolute Gasteiger partial charge is 0.267 e. The Labute approximate surface area is 102 Å². The van der Waals surface area contributed by atoms with E-state index in [0.717, 1.165) is 24.1 Å². The molecule has 0 saturated carbocycles. The predicted octanol–water partition coefficient (Wildman–Crippen LogP) is 1.65. The molecule has 0 bridgehead atoms. The molecule has 17 heavy (non-hydrogen) atoms. The molecular formula is C13H19N3O. The molecule has 0 aromatic carbocycles. The normalized spacial score (nSPS) is 21.4. The molecule has 1 aromatic rings. The summed E-state index contributed by atoms with van der Waals surface area (Å²) >= 11 is 0. The Morgan fingerprint density at radius 1 is 1.53 bits per heavy atom. The van der Waals surface area contributed by atoms with E-state index in [1.807, 2.05) is 13.0 Å². The molecule has 4 heteroatoms. The summed E-state index contributed by atoms with van der Waals surface area (Å²) in [6, 6.07) is 2.23. The number of nitrogens with two attached hydrogens (primary N) is 1. The number of rotatable bonds is 2. The first-order valence-electron chi connectivity index (χ1n) is 6.07. The van der Waals surface area contributed by atoms with E-state index in [-0.39, 0.29) is 6.04 Å². The molecule has 1 amide bonds. The molecule has 0 radical (unpaired) electrons. The van der Waals surface area contributed by atoms with Gasteiger partial charge < -0.3 is 5.73 Å². The number of primary amides is 1. The highest BCUT2D eigenvalue weighted by molar-refractivity contribution is 5.92. The summed E-state index contributed by atoms with van der Waals surface area (Å²) in [5.41, 5.74) is 7.97. The number of hydrogen-bond acceptors (Lipinski definition) is 3. The van der Waals surface area contributed by atoms with Crippen LogP contribution < -0.4 is 5.73 Å². The number of aryl methyl sites for hydroxylation is 1. The largest absolute Gasteiger partial charge is 0.364 e. The minimum Gasteiger partial charge on any atom is -0.364 e. The molecule has 1 atom stereocenters. The summed E-state index contributed by atoms with van der Waals surface area (Å²) in [5, 5.41) is 0. The highest BCUT2D eigenvalue weighted by atomic mass is 16.1. The van der Waals surface area contributed by atoms with E-state index in [9.17, 15) is 4.79 Å².